The smallest absolute Gasteiger partial charge is 0.312 e. The molecule has 1 aromatic rings. The van der Waals surface area contributed by atoms with Crippen LogP contribution in [0.25, 0.3) is 0 Å². The van der Waals surface area contributed by atoms with Gasteiger partial charge in [0.15, 0.2) is 0 Å². The summed E-state index contributed by atoms with van der Waals surface area (Å²) in [6.45, 7) is 3.55. The Morgan fingerprint density at radius 1 is 1.40 bits per heavy atom. The number of carboxylic acid groups (broad SMARTS) is 1. The predicted octanol–water partition coefficient (Wildman–Crippen LogP) is 1.14. The Morgan fingerprint density at radius 3 is 2.47 bits per heavy atom. The molecule has 0 fully saturated rings. The normalized spacial score (nSPS) is 12.5. The highest BCUT2D eigenvalue weighted by molar-refractivity contribution is 5.77. The van der Waals surface area contributed by atoms with Crippen molar-refractivity contribution in [3.8, 4) is 5.75 Å². The number of phenols is 1. The summed E-state index contributed by atoms with van der Waals surface area (Å²) in [6, 6.07) is 3.24. The largest absolute Gasteiger partial charge is 0.508 e. The molecule has 0 aliphatic heterocycles. The van der Waals surface area contributed by atoms with E-state index < -0.39 is 11.9 Å². The number of aromatic hydroxyl groups is 1. The molecule has 1 aromatic carbocycles. The van der Waals surface area contributed by atoms with E-state index in [4.69, 9.17) is 10.8 Å². The number of benzene rings is 1. The van der Waals surface area contributed by atoms with Crippen LogP contribution >= 0.6 is 0 Å². The average molecular weight is 209 g/mol. The van der Waals surface area contributed by atoms with E-state index in [9.17, 15) is 9.90 Å². The van der Waals surface area contributed by atoms with Crippen LogP contribution in [0.3, 0.4) is 0 Å². The molecule has 1 atom stereocenters. The van der Waals surface area contributed by atoms with Gasteiger partial charge >= 0.3 is 5.97 Å². The van der Waals surface area contributed by atoms with E-state index in [2.05, 4.69) is 0 Å². The standard InChI is InChI=1S/C11H15NO3/c1-6-4-10(13)7(2)3-8(6)9(5-12)11(14)15/h3-4,9,13H,5,12H2,1-2H3,(H,14,15). The van der Waals surface area contributed by atoms with Crippen LogP contribution in [0, 0.1) is 13.8 Å². The van der Waals surface area contributed by atoms with E-state index in [1.54, 1.807) is 26.0 Å². The second-order valence-corrected chi connectivity index (χ2v) is 3.62. The molecule has 0 aliphatic carbocycles. The van der Waals surface area contributed by atoms with Crippen LogP contribution < -0.4 is 5.73 Å². The Hall–Kier alpha value is -1.55. The maximum absolute atomic E-state index is 10.9. The molecule has 0 bridgehead atoms. The van der Waals surface area contributed by atoms with E-state index in [1.165, 1.54) is 0 Å². The molecule has 0 aromatic heterocycles. The first-order valence-electron chi connectivity index (χ1n) is 4.70. The summed E-state index contributed by atoms with van der Waals surface area (Å²) in [6.07, 6.45) is 0. The molecule has 0 saturated carbocycles. The van der Waals surface area contributed by atoms with Gasteiger partial charge in [0.05, 0.1) is 5.92 Å². The maximum Gasteiger partial charge on any atom is 0.312 e. The average Bonchev–Trinajstić information content (AvgIpc) is 2.14. The Morgan fingerprint density at radius 2 is 2.00 bits per heavy atom. The van der Waals surface area contributed by atoms with E-state index in [-0.39, 0.29) is 12.3 Å². The molecule has 15 heavy (non-hydrogen) atoms. The first-order valence-corrected chi connectivity index (χ1v) is 4.70. The van der Waals surface area contributed by atoms with Gasteiger partial charge < -0.3 is 15.9 Å². The molecule has 0 radical (unpaired) electrons. The van der Waals surface area contributed by atoms with Gasteiger partial charge in [-0.15, -0.1) is 0 Å². The summed E-state index contributed by atoms with van der Waals surface area (Å²) in [4.78, 5) is 10.9. The van der Waals surface area contributed by atoms with Gasteiger partial charge in [0.25, 0.3) is 0 Å². The lowest BCUT2D eigenvalue weighted by atomic mass is 9.93. The Kier molecular flexibility index (Phi) is 3.31. The summed E-state index contributed by atoms with van der Waals surface area (Å²) in [5.41, 5.74) is 7.49. The van der Waals surface area contributed by atoms with Crippen molar-refractivity contribution in [2.45, 2.75) is 19.8 Å². The number of phenolic OH excluding ortho intramolecular Hbond substituents is 1. The molecule has 1 unspecified atom stereocenters. The number of hydrogen-bond acceptors (Lipinski definition) is 3. The molecular weight excluding hydrogens is 194 g/mol. The van der Waals surface area contributed by atoms with Gasteiger partial charge in [0.1, 0.15) is 5.75 Å². The van der Waals surface area contributed by atoms with Crippen molar-refractivity contribution in [1.29, 1.82) is 0 Å². The number of nitrogens with two attached hydrogens (primary N) is 1. The second kappa shape index (κ2) is 4.31. The summed E-state index contributed by atoms with van der Waals surface area (Å²) >= 11 is 0. The predicted molar refractivity (Wildman–Crippen MR) is 57.0 cm³/mol. The van der Waals surface area contributed by atoms with Crippen LogP contribution in [0.4, 0.5) is 0 Å². The molecule has 0 spiro atoms. The zero-order valence-corrected chi connectivity index (χ0v) is 8.82. The van der Waals surface area contributed by atoms with E-state index in [0.717, 1.165) is 5.56 Å². The van der Waals surface area contributed by atoms with Crippen LogP contribution in [0.15, 0.2) is 12.1 Å². The first-order chi connectivity index (χ1) is 6.97. The van der Waals surface area contributed by atoms with Gasteiger partial charge in [0, 0.05) is 6.54 Å². The Balaban J connectivity index is 3.24. The summed E-state index contributed by atoms with van der Waals surface area (Å²) in [5.74, 6) is -1.47. The number of aliphatic carboxylic acids is 1. The highest BCUT2D eigenvalue weighted by Crippen LogP contribution is 2.26. The molecule has 82 valence electrons. The molecule has 0 heterocycles. The number of carboxylic acids is 1. The second-order valence-electron chi connectivity index (χ2n) is 3.62. The lowest BCUT2D eigenvalue weighted by Crippen LogP contribution is -2.22. The minimum Gasteiger partial charge on any atom is -0.508 e. The first kappa shape index (κ1) is 11.5. The Bertz CT molecular complexity index is 388. The van der Waals surface area contributed by atoms with Crippen molar-refractivity contribution >= 4 is 5.97 Å². The van der Waals surface area contributed by atoms with Gasteiger partial charge in [-0.05, 0) is 36.6 Å². The number of hydrogen-bond donors (Lipinski definition) is 3. The zero-order valence-electron chi connectivity index (χ0n) is 8.82. The van der Waals surface area contributed by atoms with E-state index >= 15 is 0 Å². The minimum atomic E-state index is -0.939. The van der Waals surface area contributed by atoms with Crippen molar-refractivity contribution < 1.29 is 15.0 Å². The molecule has 1 rings (SSSR count). The highest BCUT2D eigenvalue weighted by Gasteiger charge is 2.20. The fourth-order valence-electron chi connectivity index (χ4n) is 1.56. The van der Waals surface area contributed by atoms with Gasteiger partial charge in [-0.2, -0.15) is 0 Å². The van der Waals surface area contributed by atoms with Gasteiger partial charge in [-0.1, -0.05) is 6.07 Å². The third-order valence-electron chi connectivity index (χ3n) is 2.49. The van der Waals surface area contributed by atoms with E-state index in [1.807, 2.05) is 0 Å². The summed E-state index contributed by atoms with van der Waals surface area (Å²) in [5, 5.41) is 18.4. The molecule has 4 heteroatoms. The molecule has 0 amide bonds. The van der Waals surface area contributed by atoms with Crippen molar-refractivity contribution in [3.05, 3.63) is 28.8 Å². The lowest BCUT2D eigenvalue weighted by Gasteiger charge is -2.14. The number of carbonyl (C=O) groups is 1. The summed E-state index contributed by atoms with van der Waals surface area (Å²) < 4.78 is 0. The SMILES string of the molecule is Cc1cc(C(CN)C(=O)O)c(C)cc1O. The van der Waals surface area contributed by atoms with Gasteiger partial charge in [-0.3, -0.25) is 4.79 Å². The molecule has 4 nitrogen and oxygen atoms in total. The van der Waals surface area contributed by atoms with Gasteiger partial charge in [0.2, 0.25) is 0 Å². The van der Waals surface area contributed by atoms with E-state index in [0.29, 0.717) is 11.1 Å². The quantitative estimate of drug-likeness (QED) is 0.697. The van der Waals surface area contributed by atoms with Crippen LogP contribution in [-0.2, 0) is 4.79 Å². The van der Waals surface area contributed by atoms with Crippen molar-refractivity contribution in [1.82, 2.24) is 0 Å². The van der Waals surface area contributed by atoms with Crippen molar-refractivity contribution in [3.63, 3.8) is 0 Å². The summed E-state index contributed by atoms with van der Waals surface area (Å²) in [7, 11) is 0. The zero-order chi connectivity index (χ0) is 11.6. The molecule has 4 N–H and O–H groups in total. The van der Waals surface area contributed by atoms with Crippen LogP contribution in [0.1, 0.15) is 22.6 Å². The Labute approximate surface area is 88.3 Å². The molecule has 0 saturated heterocycles. The molecular formula is C11H15NO3. The number of aryl methyl sites for hydroxylation is 2. The molecule has 0 aliphatic rings. The topological polar surface area (TPSA) is 83.6 Å². The van der Waals surface area contributed by atoms with Crippen molar-refractivity contribution in [2.75, 3.05) is 6.54 Å². The third-order valence-corrected chi connectivity index (χ3v) is 2.49. The minimum absolute atomic E-state index is 0.0559. The van der Waals surface area contributed by atoms with Crippen molar-refractivity contribution in [2.24, 2.45) is 5.73 Å². The maximum atomic E-state index is 10.9. The van der Waals surface area contributed by atoms with Crippen LogP contribution in [-0.4, -0.2) is 22.7 Å². The van der Waals surface area contributed by atoms with Gasteiger partial charge in [-0.25, -0.2) is 0 Å². The van der Waals surface area contributed by atoms with Crippen LogP contribution in [0.2, 0.25) is 0 Å². The lowest BCUT2D eigenvalue weighted by molar-refractivity contribution is -0.138. The fourth-order valence-corrected chi connectivity index (χ4v) is 1.56. The highest BCUT2D eigenvalue weighted by atomic mass is 16.4. The third kappa shape index (κ3) is 2.27. The monoisotopic (exact) mass is 209 g/mol. The fraction of sp³-hybridized carbons (Fsp3) is 0.364. The number of rotatable bonds is 3. The van der Waals surface area contributed by atoms with Crippen LogP contribution in [0.5, 0.6) is 5.75 Å².